The highest BCUT2D eigenvalue weighted by Crippen LogP contribution is 2.25. The molecule has 0 amide bonds. The fraction of sp³-hybridized carbons (Fsp3) is 1.00. The van der Waals surface area contributed by atoms with Gasteiger partial charge in [-0.15, -0.1) is 0 Å². The number of nitrogens with zero attached hydrogens (tertiary/aromatic N) is 1. The highest BCUT2D eigenvalue weighted by atomic mass is 16.3. The molecule has 90 valence electrons. The van der Waals surface area contributed by atoms with Gasteiger partial charge in [-0.2, -0.15) is 0 Å². The maximum absolute atomic E-state index is 8.87. The summed E-state index contributed by atoms with van der Waals surface area (Å²) in [6.07, 6.45) is 10.5. The molecule has 1 fully saturated rings. The van der Waals surface area contributed by atoms with E-state index in [1.165, 1.54) is 51.5 Å². The largest absolute Gasteiger partial charge is 0.396 e. The van der Waals surface area contributed by atoms with Crippen molar-refractivity contribution < 1.29 is 5.11 Å². The van der Waals surface area contributed by atoms with Gasteiger partial charge in [-0.05, 0) is 32.2 Å². The zero-order valence-electron chi connectivity index (χ0n) is 10.2. The quantitative estimate of drug-likeness (QED) is 0.595. The summed E-state index contributed by atoms with van der Waals surface area (Å²) in [4.78, 5) is 2.61. The van der Waals surface area contributed by atoms with Crippen molar-refractivity contribution in [3.8, 4) is 0 Å². The summed E-state index contributed by atoms with van der Waals surface area (Å²) < 4.78 is 0. The zero-order chi connectivity index (χ0) is 10.9. The Hall–Kier alpha value is -0.0800. The monoisotopic (exact) mass is 213 g/mol. The van der Waals surface area contributed by atoms with Crippen molar-refractivity contribution in [2.75, 3.05) is 19.7 Å². The molecule has 0 unspecified atom stereocenters. The van der Waals surface area contributed by atoms with Crippen LogP contribution in [0.15, 0.2) is 0 Å². The van der Waals surface area contributed by atoms with E-state index in [0.29, 0.717) is 6.61 Å². The first-order valence-corrected chi connectivity index (χ1v) is 6.73. The molecular weight excluding hydrogens is 186 g/mol. The standard InChI is InChI=1S/C13H27NO/c1-2-3-4-5-10-14(11-7-12-15)13-8-6-9-13/h13,15H,2-12H2,1H3. The van der Waals surface area contributed by atoms with E-state index in [9.17, 15) is 0 Å². The van der Waals surface area contributed by atoms with Crippen LogP contribution in [-0.2, 0) is 0 Å². The molecule has 2 nitrogen and oxygen atoms in total. The van der Waals surface area contributed by atoms with Crippen molar-refractivity contribution in [2.24, 2.45) is 0 Å². The van der Waals surface area contributed by atoms with Crippen LogP contribution in [-0.4, -0.2) is 35.7 Å². The molecule has 0 radical (unpaired) electrons. The minimum absolute atomic E-state index is 0.345. The van der Waals surface area contributed by atoms with Crippen molar-refractivity contribution >= 4 is 0 Å². The van der Waals surface area contributed by atoms with E-state index >= 15 is 0 Å². The van der Waals surface area contributed by atoms with Gasteiger partial charge in [0, 0.05) is 19.2 Å². The second kappa shape index (κ2) is 8.12. The summed E-state index contributed by atoms with van der Waals surface area (Å²) in [6.45, 7) is 4.96. The number of unbranched alkanes of at least 4 members (excludes halogenated alkanes) is 3. The van der Waals surface area contributed by atoms with Crippen LogP contribution in [0, 0.1) is 0 Å². The normalized spacial score (nSPS) is 17.0. The molecule has 0 aromatic carbocycles. The summed E-state index contributed by atoms with van der Waals surface area (Å²) >= 11 is 0. The van der Waals surface area contributed by atoms with E-state index in [-0.39, 0.29) is 0 Å². The van der Waals surface area contributed by atoms with Gasteiger partial charge in [0.1, 0.15) is 0 Å². The Bertz CT molecular complexity index is 145. The Kier molecular flexibility index (Phi) is 7.03. The van der Waals surface area contributed by atoms with Crippen LogP contribution in [0.2, 0.25) is 0 Å². The lowest BCUT2D eigenvalue weighted by Crippen LogP contribution is -2.41. The van der Waals surface area contributed by atoms with Crippen LogP contribution >= 0.6 is 0 Å². The van der Waals surface area contributed by atoms with E-state index in [1.807, 2.05) is 0 Å². The SMILES string of the molecule is CCCCCCN(CCCO)C1CCC1. The molecule has 0 saturated heterocycles. The van der Waals surface area contributed by atoms with Crippen LogP contribution in [0.1, 0.15) is 58.3 Å². The molecular formula is C13H27NO. The molecule has 1 rings (SSSR count). The van der Waals surface area contributed by atoms with Gasteiger partial charge >= 0.3 is 0 Å². The molecule has 0 spiro atoms. The van der Waals surface area contributed by atoms with Crippen LogP contribution in [0.3, 0.4) is 0 Å². The second-order valence-corrected chi connectivity index (χ2v) is 4.76. The summed E-state index contributed by atoms with van der Waals surface area (Å²) in [7, 11) is 0. The summed E-state index contributed by atoms with van der Waals surface area (Å²) in [5, 5.41) is 8.87. The highest BCUT2D eigenvalue weighted by molar-refractivity contribution is 4.79. The van der Waals surface area contributed by atoms with Crippen molar-refractivity contribution in [1.29, 1.82) is 0 Å². The van der Waals surface area contributed by atoms with E-state index in [0.717, 1.165) is 19.0 Å². The Morgan fingerprint density at radius 1 is 1.07 bits per heavy atom. The number of aliphatic hydroxyl groups is 1. The molecule has 0 aromatic heterocycles. The Balaban J connectivity index is 2.10. The topological polar surface area (TPSA) is 23.5 Å². The predicted molar refractivity (Wildman–Crippen MR) is 65.1 cm³/mol. The number of hydrogen-bond acceptors (Lipinski definition) is 2. The Morgan fingerprint density at radius 3 is 2.33 bits per heavy atom. The minimum atomic E-state index is 0.345. The third-order valence-corrected chi connectivity index (χ3v) is 3.49. The highest BCUT2D eigenvalue weighted by Gasteiger charge is 2.23. The average molecular weight is 213 g/mol. The van der Waals surface area contributed by atoms with Crippen LogP contribution < -0.4 is 0 Å². The van der Waals surface area contributed by atoms with E-state index in [1.54, 1.807) is 0 Å². The maximum atomic E-state index is 8.87. The number of hydrogen-bond donors (Lipinski definition) is 1. The molecule has 0 bridgehead atoms. The van der Waals surface area contributed by atoms with Crippen molar-refractivity contribution in [1.82, 2.24) is 4.90 Å². The molecule has 0 aliphatic heterocycles. The van der Waals surface area contributed by atoms with Crippen LogP contribution in [0.5, 0.6) is 0 Å². The predicted octanol–water partition coefficient (Wildman–Crippen LogP) is 2.80. The van der Waals surface area contributed by atoms with Gasteiger partial charge in [-0.3, -0.25) is 0 Å². The molecule has 1 saturated carbocycles. The van der Waals surface area contributed by atoms with E-state index in [2.05, 4.69) is 11.8 Å². The maximum Gasteiger partial charge on any atom is 0.0443 e. The number of rotatable bonds is 9. The molecule has 15 heavy (non-hydrogen) atoms. The van der Waals surface area contributed by atoms with Gasteiger partial charge in [0.25, 0.3) is 0 Å². The third-order valence-electron chi connectivity index (χ3n) is 3.49. The van der Waals surface area contributed by atoms with Crippen LogP contribution in [0.25, 0.3) is 0 Å². The summed E-state index contributed by atoms with van der Waals surface area (Å²) in [5.41, 5.74) is 0. The summed E-state index contributed by atoms with van der Waals surface area (Å²) in [5.74, 6) is 0. The third kappa shape index (κ3) is 4.98. The second-order valence-electron chi connectivity index (χ2n) is 4.76. The fourth-order valence-corrected chi connectivity index (χ4v) is 2.24. The lowest BCUT2D eigenvalue weighted by Gasteiger charge is -2.37. The van der Waals surface area contributed by atoms with Crippen molar-refractivity contribution in [2.45, 2.75) is 64.3 Å². The van der Waals surface area contributed by atoms with Crippen molar-refractivity contribution in [3.05, 3.63) is 0 Å². The van der Waals surface area contributed by atoms with Gasteiger partial charge in [0.05, 0.1) is 0 Å². The lowest BCUT2D eigenvalue weighted by molar-refractivity contribution is 0.114. The van der Waals surface area contributed by atoms with E-state index in [4.69, 9.17) is 5.11 Å². The van der Waals surface area contributed by atoms with Crippen LogP contribution in [0.4, 0.5) is 0 Å². The van der Waals surface area contributed by atoms with Gasteiger partial charge in [-0.25, -0.2) is 0 Å². The first-order chi connectivity index (χ1) is 7.38. The zero-order valence-corrected chi connectivity index (χ0v) is 10.2. The molecule has 1 N–H and O–H groups in total. The van der Waals surface area contributed by atoms with Gasteiger partial charge in [-0.1, -0.05) is 32.6 Å². The summed E-state index contributed by atoms with van der Waals surface area (Å²) in [6, 6.07) is 0.846. The molecule has 0 heterocycles. The molecule has 0 atom stereocenters. The number of aliphatic hydroxyl groups excluding tert-OH is 1. The molecule has 0 aromatic rings. The van der Waals surface area contributed by atoms with Gasteiger partial charge < -0.3 is 10.0 Å². The van der Waals surface area contributed by atoms with E-state index < -0.39 is 0 Å². The lowest BCUT2D eigenvalue weighted by atomic mass is 9.91. The molecule has 2 heteroatoms. The Morgan fingerprint density at radius 2 is 1.80 bits per heavy atom. The first kappa shape index (κ1) is 13.0. The minimum Gasteiger partial charge on any atom is -0.396 e. The first-order valence-electron chi connectivity index (χ1n) is 6.73. The molecule has 1 aliphatic carbocycles. The van der Waals surface area contributed by atoms with Gasteiger partial charge in [0.15, 0.2) is 0 Å². The van der Waals surface area contributed by atoms with Crippen molar-refractivity contribution in [3.63, 3.8) is 0 Å². The fourth-order valence-electron chi connectivity index (χ4n) is 2.24. The Labute approximate surface area is 94.7 Å². The van der Waals surface area contributed by atoms with Gasteiger partial charge in [0.2, 0.25) is 0 Å². The molecule has 1 aliphatic rings. The smallest absolute Gasteiger partial charge is 0.0443 e. The average Bonchev–Trinajstić information content (AvgIpc) is 2.17.